The topological polar surface area (TPSA) is 0 Å². The summed E-state index contributed by atoms with van der Waals surface area (Å²) < 4.78 is 0. The van der Waals surface area contributed by atoms with E-state index in [0.29, 0.717) is 10.0 Å². The molecule has 1 rings (SSSR count). The van der Waals surface area contributed by atoms with Crippen molar-refractivity contribution in [3.63, 3.8) is 0 Å². The second kappa shape index (κ2) is 2.85. The molecule has 0 saturated carbocycles. The first kappa shape index (κ1) is 7.97. The Morgan fingerprint density at radius 3 is 2.40 bits per heavy atom. The van der Waals surface area contributed by atoms with Gasteiger partial charge in [0.2, 0.25) is 0 Å². The van der Waals surface area contributed by atoms with Gasteiger partial charge in [-0.2, -0.15) is 0 Å². The van der Waals surface area contributed by atoms with E-state index in [9.17, 15) is 0 Å². The summed E-state index contributed by atoms with van der Waals surface area (Å²) in [4.78, 5) is 0. The molecule has 0 aliphatic carbocycles. The molecule has 0 N–H and O–H groups in total. The van der Waals surface area contributed by atoms with Gasteiger partial charge in [-0.1, -0.05) is 40.3 Å². The molecule has 0 aliphatic heterocycles. The molecule has 0 fully saturated rings. The maximum Gasteiger partial charge on any atom is 0.141 e. The SMILES string of the molecule is Bc1cc(C)cc(Cl)c1Cl. The molecule has 0 aliphatic rings. The Kier molecular flexibility index (Phi) is 2.27. The first-order valence-electron chi connectivity index (χ1n) is 3.03. The van der Waals surface area contributed by atoms with Gasteiger partial charge in [0.15, 0.2) is 0 Å². The van der Waals surface area contributed by atoms with Crippen LogP contribution in [0.5, 0.6) is 0 Å². The molecule has 0 aromatic heterocycles. The zero-order chi connectivity index (χ0) is 7.72. The fraction of sp³-hybridized carbons (Fsp3) is 0.143. The van der Waals surface area contributed by atoms with Crippen LogP contribution in [-0.2, 0) is 0 Å². The Morgan fingerprint density at radius 1 is 1.30 bits per heavy atom. The van der Waals surface area contributed by atoms with Crippen molar-refractivity contribution in [2.75, 3.05) is 0 Å². The predicted octanol–water partition coefficient (Wildman–Crippen LogP) is 1.56. The molecule has 0 atom stereocenters. The van der Waals surface area contributed by atoms with E-state index in [4.69, 9.17) is 23.2 Å². The Hall–Kier alpha value is -0.135. The van der Waals surface area contributed by atoms with Gasteiger partial charge >= 0.3 is 0 Å². The van der Waals surface area contributed by atoms with E-state index in [-0.39, 0.29) is 0 Å². The largest absolute Gasteiger partial charge is 0.141 e. The zero-order valence-electron chi connectivity index (χ0n) is 5.91. The van der Waals surface area contributed by atoms with E-state index < -0.39 is 0 Å². The third kappa shape index (κ3) is 1.47. The van der Waals surface area contributed by atoms with Crippen molar-refractivity contribution in [1.29, 1.82) is 0 Å². The molecule has 0 spiro atoms. The van der Waals surface area contributed by atoms with Crippen LogP contribution >= 0.6 is 23.2 Å². The van der Waals surface area contributed by atoms with Crippen LogP contribution in [0, 0.1) is 6.92 Å². The lowest BCUT2D eigenvalue weighted by molar-refractivity contribution is 1.49. The molecule has 1 aromatic carbocycles. The molecule has 0 bridgehead atoms. The highest BCUT2D eigenvalue weighted by Gasteiger charge is 2.00. The van der Waals surface area contributed by atoms with E-state index in [0.717, 1.165) is 11.0 Å². The van der Waals surface area contributed by atoms with E-state index in [2.05, 4.69) is 0 Å². The second-order valence-electron chi connectivity index (χ2n) is 2.38. The molecule has 52 valence electrons. The lowest BCUT2D eigenvalue weighted by atomic mass is 9.95. The summed E-state index contributed by atoms with van der Waals surface area (Å²) in [5.74, 6) is 0. The first-order chi connectivity index (χ1) is 4.61. The summed E-state index contributed by atoms with van der Waals surface area (Å²) in [5, 5.41) is 1.30. The van der Waals surface area contributed by atoms with Crippen molar-refractivity contribution in [2.45, 2.75) is 6.92 Å². The van der Waals surface area contributed by atoms with Crippen molar-refractivity contribution in [2.24, 2.45) is 0 Å². The van der Waals surface area contributed by atoms with Gasteiger partial charge in [-0.25, -0.2) is 0 Å². The molecule has 0 radical (unpaired) electrons. The van der Waals surface area contributed by atoms with Gasteiger partial charge in [0.05, 0.1) is 10.0 Å². The van der Waals surface area contributed by atoms with Crippen LogP contribution in [0.1, 0.15) is 5.56 Å². The van der Waals surface area contributed by atoms with E-state index in [1.165, 1.54) is 0 Å². The van der Waals surface area contributed by atoms with Crippen LogP contribution in [0.4, 0.5) is 0 Å². The number of hydrogen-bond donors (Lipinski definition) is 0. The fourth-order valence-electron chi connectivity index (χ4n) is 0.898. The lowest BCUT2D eigenvalue weighted by Gasteiger charge is -2.01. The summed E-state index contributed by atoms with van der Waals surface area (Å²) in [6.07, 6.45) is 0. The average molecular weight is 173 g/mol. The molecular weight excluding hydrogens is 166 g/mol. The minimum Gasteiger partial charge on any atom is -0.0833 e. The van der Waals surface area contributed by atoms with Gasteiger partial charge in [-0.05, 0) is 13.0 Å². The Labute approximate surface area is 71.6 Å². The van der Waals surface area contributed by atoms with Crippen molar-refractivity contribution in [1.82, 2.24) is 0 Å². The highest BCUT2D eigenvalue weighted by atomic mass is 35.5. The first-order valence-corrected chi connectivity index (χ1v) is 3.79. The number of rotatable bonds is 0. The molecule has 0 unspecified atom stereocenters. The fourth-order valence-corrected chi connectivity index (χ4v) is 1.33. The van der Waals surface area contributed by atoms with E-state index in [1.54, 1.807) is 0 Å². The van der Waals surface area contributed by atoms with Crippen LogP contribution in [-0.4, -0.2) is 7.85 Å². The molecule has 0 saturated heterocycles. The predicted molar refractivity (Wildman–Crippen MR) is 49.4 cm³/mol. The summed E-state index contributed by atoms with van der Waals surface area (Å²) in [7, 11) is 1.95. The Bertz CT molecular complexity index is 235. The number of hydrogen-bond acceptors (Lipinski definition) is 0. The van der Waals surface area contributed by atoms with E-state index in [1.807, 2.05) is 26.9 Å². The monoisotopic (exact) mass is 172 g/mol. The molecular formula is C7H7BCl2. The van der Waals surface area contributed by atoms with Crippen molar-refractivity contribution >= 4 is 36.5 Å². The molecule has 0 heterocycles. The third-order valence-electron chi connectivity index (χ3n) is 1.35. The molecule has 10 heavy (non-hydrogen) atoms. The minimum atomic E-state index is 0.638. The van der Waals surface area contributed by atoms with Crippen LogP contribution in [0.15, 0.2) is 12.1 Å². The van der Waals surface area contributed by atoms with Crippen LogP contribution in [0.3, 0.4) is 0 Å². The lowest BCUT2D eigenvalue weighted by Crippen LogP contribution is -2.04. The Balaban J connectivity index is 3.31. The minimum absolute atomic E-state index is 0.638. The maximum atomic E-state index is 5.82. The highest BCUT2D eigenvalue weighted by Crippen LogP contribution is 2.19. The van der Waals surface area contributed by atoms with Crippen LogP contribution < -0.4 is 5.46 Å². The molecule has 0 nitrogen and oxygen atoms in total. The number of aryl methyl sites for hydroxylation is 1. The second-order valence-corrected chi connectivity index (χ2v) is 3.16. The number of halogens is 2. The maximum absolute atomic E-state index is 5.82. The Morgan fingerprint density at radius 2 is 1.90 bits per heavy atom. The molecule has 0 amide bonds. The zero-order valence-corrected chi connectivity index (χ0v) is 7.42. The average Bonchev–Trinajstić information content (AvgIpc) is 1.82. The van der Waals surface area contributed by atoms with Gasteiger partial charge in [0.25, 0.3) is 0 Å². The normalized spacial score (nSPS) is 9.90. The van der Waals surface area contributed by atoms with Crippen LogP contribution in [0.25, 0.3) is 0 Å². The quantitative estimate of drug-likeness (QED) is 0.522. The van der Waals surface area contributed by atoms with Gasteiger partial charge in [0.1, 0.15) is 7.85 Å². The summed E-state index contributed by atoms with van der Waals surface area (Å²) >= 11 is 11.6. The molecule has 3 heteroatoms. The van der Waals surface area contributed by atoms with Crippen LogP contribution in [0.2, 0.25) is 10.0 Å². The van der Waals surface area contributed by atoms with Crippen molar-refractivity contribution < 1.29 is 0 Å². The summed E-state index contributed by atoms with van der Waals surface area (Å²) in [6.45, 7) is 2.00. The van der Waals surface area contributed by atoms with Gasteiger partial charge < -0.3 is 0 Å². The van der Waals surface area contributed by atoms with Crippen molar-refractivity contribution in [3.8, 4) is 0 Å². The molecule has 1 aromatic rings. The summed E-state index contributed by atoms with van der Waals surface area (Å²) in [6, 6.07) is 3.87. The third-order valence-corrected chi connectivity index (χ3v) is 2.25. The van der Waals surface area contributed by atoms with Gasteiger partial charge in [-0.15, -0.1) is 0 Å². The standard InChI is InChI=1S/C7H7BCl2/c1-4-2-5(8)7(10)6(9)3-4/h2-3H,8H2,1H3. The van der Waals surface area contributed by atoms with Gasteiger partial charge in [-0.3, -0.25) is 0 Å². The summed E-state index contributed by atoms with van der Waals surface area (Å²) in [5.41, 5.74) is 2.18. The highest BCUT2D eigenvalue weighted by molar-refractivity contribution is 6.50. The van der Waals surface area contributed by atoms with Gasteiger partial charge in [0, 0.05) is 0 Å². The smallest absolute Gasteiger partial charge is 0.0833 e. The number of benzene rings is 1. The van der Waals surface area contributed by atoms with E-state index >= 15 is 0 Å². The van der Waals surface area contributed by atoms with Crippen molar-refractivity contribution in [3.05, 3.63) is 27.7 Å².